The molecule has 0 radical (unpaired) electrons. The highest BCUT2D eigenvalue weighted by Crippen LogP contribution is 2.21. The Kier molecular flexibility index (Phi) is 2.70. The molecule has 2 nitrogen and oxygen atoms in total. The lowest BCUT2D eigenvalue weighted by atomic mass is 10.1. The Morgan fingerprint density at radius 3 is 2.80 bits per heavy atom. The van der Waals surface area contributed by atoms with Crippen molar-refractivity contribution in [1.29, 1.82) is 0 Å². The number of halogens is 1. The minimum absolute atomic E-state index is 0.589. The number of pyridine rings is 1. The SMILES string of the molecule is Cc1cccc2c(Cl)nc(CC(C)C)n12. The molecule has 2 heterocycles. The van der Waals surface area contributed by atoms with Gasteiger partial charge in [0.2, 0.25) is 0 Å². The van der Waals surface area contributed by atoms with Crippen molar-refractivity contribution < 1.29 is 0 Å². The molecule has 3 heteroatoms. The number of nitrogens with zero attached hydrogens (tertiary/aromatic N) is 2. The molecule has 15 heavy (non-hydrogen) atoms. The molecule has 0 fully saturated rings. The Bertz CT molecular complexity index is 486. The van der Waals surface area contributed by atoms with Gasteiger partial charge in [0.05, 0.1) is 5.52 Å². The maximum absolute atomic E-state index is 6.10. The van der Waals surface area contributed by atoms with Gasteiger partial charge in [-0.05, 0) is 25.0 Å². The molecule has 0 saturated carbocycles. The molecule has 2 aromatic heterocycles. The average Bonchev–Trinajstić information content (AvgIpc) is 2.44. The van der Waals surface area contributed by atoms with E-state index in [2.05, 4.69) is 36.2 Å². The highest BCUT2D eigenvalue weighted by molar-refractivity contribution is 6.32. The van der Waals surface area contributed by atoms with Gasteiger partial charge in [0.1, 0.15) is 5.82 Å². The molecular formula is C12H15ClN2. The molecule has 0 spiro atoms. The van der Waals surface area contributed by atoms with Gasteiger partial charge in [-0.2, -0.15) is 0 Å². The van der Waals surface area contributed by atoms with Crippen LogP contribution in [-0.4, -0.2) is 9.38 Å². The van der Waals surface area contributed by atoms with E-state index in [1.807, 2.05) is 12.1 Å². The highest BCUT2D eigenvalue weighted by atomic mass is 35.5. The number of hydrogen-bond donors (Lipinski definition) is 0. The van der Waals surface area contributed by atoms with Gasteiger partial charge in [0, 0.05) is 12.1 Å². The second kappa shape index (κ2) is 3.86. The molecule has 0 N–H and O–H groups in total. The first-order valence-corrected chi connectivity index (χ1v) is 5.60. The molecule has 0 bridgehead atoms. The maximum atomic E-state index is 6.10. The minimum atomic E-state index is 0.589. The van der Waals surface area contributed by atoms with Crippen molar-refractivity contribution in [2.45, 2.75) is 27.2 Å². The topological polar surface area (TPSA) is 17.3 Å². The summed E-state index contributed by atoms with van der Waals surface area (Å²) in [6, 6.07) is 6.10. The smallest absolute Gasteiger partial charge is 0.155 e. The van der Waals surface area contributed by atoms with Crippen molar-refractivity contribution in [2.75, 3.05) is 0 Å². The summed E-state index contributed by atoms with van der Waals surface area (Å²) < 4.78 is 2.14. The van der Waals surface area contributed by atoms with Crippen LogP contribution in [0.1, 0.15) is 25.4 Å². The Balaban J connectivity index is 2.65. The molecular weight excluding hydrogens is 208 g/mol. The minimum Gasteiger partial charge on any atom is -0.299 e. The van der Waals surface area contributed by atoms with E-state index in [4.69, 9.17) is 11.6 Å². The van der Waals surface area contributed by atoms with Crippen LogP contribution in [0.4, 0.5) is 0 Å². The summed E-state index contributed by atoms with van der Waals surface area (Å²) in [5.74, 6) is 1.65. The van der Waals surface area contributed by atoms with Gasteiger partial charge in [-0.1, -0.05) is 31.5 Å². The van der Waals surface area contributed by atoms with E-state index in [1.165, 1.54) is 5.69 Å². The summed E-state index contributed by atoms with van der Waals surface area (Å²) >= 11 is 6.10. The third-order valence-electron chi connectivity index (χ3n) is 2.47. The fourth-order valence-corrected chi connectivity index (χ4v) is 2.09. The zero-order valence-electron chi connectivity index (χ0n) is 9.29. The summed E-state index contributed by atoms with van der Waals surface area (Å²) in [6.45, 7) is 6.45. The summed E-state index contributed by atoms with van der Waals surface area (Å²) in [7, 11) is 0. The summed E-state index contributed by atoms with van der Waals surface area (Å²) in [4.78, 5) is 4.42. The predicted octanol–water partition coefficient (Wildman–Crippen LogP) is 3.49. The average molecular weight is 223 g/mol. The predicted molar refractivity (Wildman–Crippen MR) is 63.5 cm³/mol. The molecule has 0 aromatic carbocycles. The van der Waals surface area contributed by atoms with Gasteiger partial charge in [0.15, 0.2) is 5.15 Å². The zero-order chi connectivity index (χ0) is 11.0. The van der Waals surface area contributed by atoms with Crippen LogP contribution in [0.2, 0.25) is 5.15 Å². The third-order valence-corrected chi connectivity index (χ3v) is 2.75. The van der Waals surface area contributed by atoms with Gasteiger partial charge in [-0.3, -0.25) is 4.40 Å². The summed E-state index contributed by atoms with van der Waals surface area (Å²) in [6.07, 6.45) is 0.957. The lowest BCUT2D eigenvalue weighted by Gasteiger charge is -2.06. The van der Waals surface area contributed by atoms with Gasteiger partial charge >= 0.3 is 0 Å². The van der Waals surface area contributed by atoms with E-state index in [-0.39, 0.29) is 0 Å². The van der Waals surface area contributed by atoms with Crippen molar-refractivity contribution in [2.24, 2.45) is 5.92 Å². The number of fused-ring (bicyclic) bond motifs is 1. The Labute approximate surface area is 94.9 Å². The molecule has 0 aliphatic rings. The second-order valence-electron chi connectivity index (χ2n) is 4.30. The Morgan fingerprint density at radius 1 is 1.40 bits per heavy atom. The molecule has 80 valence electrons. The molecule has 0 unspecified atom stereocenters. The van der Waals surface area contributed by atoms with E-state index >= 15 is 0 Å². The van der Waals surface area contributed by atoms with Gasteiger partial charge in [-0.15, -0.1) is 0 Å². The van der Waals surface area contributed by atoms with Crippen molar-refractivity contribution in [1.82, 2.24) is 9.38 Å². The second-order valence-corrected chi connectivity index (χ2v) is 4.66. The number of imidazole rings is 1. The van der Waals surface area contributed by atoms with E-state index < -0.39 is 0 Å². The van der Waals surface area contributed by atoms with Crippen LogP contribution >= 0.6 is 11.6 Å². The van der Waals surface area contributed by atoms with Crippen LogP contribution in [0.5, 0.6) is 0 Å². The van der Waals surface area contributed by atoms with Crippen LogP contribution in [0.15, 0.2) is 18.2 Å². The van der Waals surface area contributed by atoms with Crippen LogP contribution < -0.4 is 0 Å². The van der Waals surface area contributed by atoms with Gasteiger partial charge < -0.3 is 0 Å². The normalized spacial score (nSPS) is 11.5. The van der Waals surface area contributed by atoms with Crippen LogP contribution in [0.3, 0.4) is 0 Å². The van der Waals surface area contributed by atoms with E-state index in [1.54, 1.807) is 0 Å². The molecule has 0 aliphatic heterocycles. The third kappa shape index (κ3) is 1.86. The van der Waals surface area contributed by atoms with Gasteiger partial charge in [0.25, 0.3) is 0 Å². The van der Waals surface area contributed by atoms with Crippen molar-refractivity contribution in [3.63, 3.8) is 0 Å². The zero-order valence-corrected chi connectivity index (χ0v) is 10.0. The molecule has 2 rings (SSSR count). The Morgan fingerprint density at radius 2 is 2.13 bits per heavy atom. The maximum Gasteiger partial charge on any atom is 0.155 e. The molecule has 0 aliphatic carbocycles. The summed E-state index contributed by atoms with van der Waals surface area (Å²) in [5, 5.41) is 0.606. The first-order chi connectivity index (χ1) is 7.09. The number of rotatable bonds is 2. The van der Waals surface area contributed by atoms with E-state index in [0.29, 0.717) is 11.1 Å². The van der Waals surface area contributed by atoms with Crippen LogP contribution in [-0.2, 0) is 6.42 Å². The van der Waals surface area contributed by atoms with Crippen molar-refractivity contribution in [3.8, 4) is 0 Å². The monoisotopic (exact) mass is 222 g/mol. The highest BCUT2D eigenvalue weighted by Gasteiger charge is 2.11. The van der Waals surface area contributed by atoms with Crippen molar-refractivity contribution >= 4 is 17.1 Å². The fraction of sp³-hybridized carbons (Fsp3) is 0.417. The molecule has 2 aromatic rings. The lowest BCUT2D eigenvalue weighted by molar-refractivity contribution is 0.617. The van der Waals surface area contributed by atoms with Crippen LogP contribution in [0.25, 0.3) is 5.52 Å². The largest absolute Gasteiger partial charge is 0.299 e. The molecule has 0 amide bonds. The van der Waals surface area contributed by atoms with E-state index in [9.17, 15) is 0 Å². The number of aryl methyl sites for hydroxylation is 1. The quantitative estimate of drug-likeness (QED) is 0.760. The lowest BCUT2D eigenvalue weighted by Crippen LogP contribution is -2.02. The van der Waals surface area contributed by atoms with Gasteiger partial charge in [-0.25, -0.2) is 4.98 Å². The number of aromatic nitrogens is 2. The molecule has 0 atom stereocenters. The Hall–Kier alpha value is -1.02. The molecule has 0 saturated heterocycles. The van der Waals surface area contributed by atoms with E-state index in [0.717, 1.165) is 17.8 Å². The first-order valence-electron chi connectivity index (χ1n) is 5.22. The van der Waals surface area contributed by atoms with Crippen LogP contribution in [0, 0.1) is 12.8 Å². The number of hydrogen-bond acceptors (Lipinski definition) is 1. The standard InChI is InChI=1S/C12H15ClN2/c1-8(2)7-11-14-12(13)10-6-4-5-9(3)15(10)11/h4-6,8H,7H2,1-3H3. The first kappa shape index (κ1) is 10.5. The van der Waals surface area contributed by atoms with Crippen molar-refractivity contribution in [3.05, 3.63) is 34.9 Å². The summed E-state index contributed by atoms with van der Waals surface area (Å²) in [5.41, 5.74) is 2.19. The fourth-order valence-electron chi connectivity index (χ4n) is 1.84.